The molecule has 0 aromatic heterocycles. The summed E-state index contributed by atoms with van der Waals surface area (Å²) in [6.07, 6.45) is 3.42. The van der Waals surface area contributed by atoms with Crippen LogP contribution in [0.1, 0.15) is 87.4 Å². The van der Waals surface area contributed by atoms with E-state index in [9.17, 15) is 4.79 Å². The predicted octanol–water partition coefficient (Wildman–Crippen LogP) is 4.97. The van der Waals surface area contributed by atoms with Gasteiger partial charge in [-0.2, -0.15) is 0 Å². The van der Waals surface area contributed by atoms with Crippen molar-refractivity contribution in [3.8, 4) is 0 Å². The number of carbonyl (C=O) groups is 1. The molecule has 1 heteroatoms. The molecule has 19 heavy (non-hydrogen) atoms. The molecule has 1 aliphatic rings. The highest BCUT2D eigenvalue weighted by Crippen LogP contribution is 2.46. The van der Waals surface area contributed by atoms with Crippen molar-refractivity contribution in [1.29, 1.82) is 0 Å². The summed E-state index contributed by atoms with van der Waals surface area (Å²) in [6.45, 7) is 13.6. The molecule has 0 saturated heterocycles. The zero-order valence-electron chi connectivity index (χ0n) is 13.1. The third-order valence-electron chi connectivity index (χ3n) is 4.81. The van der Waals surface area contributed by atoms with Gasteiger partial charge in [0.1, 0.15) is 6.29 Å². The molecule has 1 nitrogen and oxygen atoms in total. The quantitative estimate of drug-likeness (QED) is 0.684. The minimum atomic E-state index is 0.179. The first-order valence-corrected chi connectivity index (χ1v) is 7.33. The van der Waals surface area contributed by atoms with Gasteiger partial charge in [-0.15, -0.1) is 0 Å². The summed E-state index contributed by atoms with van der Waals surface area (Å²) in [5, 5.41) is 0. The van der Waals surface area contributed by atoms with Gasteiger partial charge in [-0.05, 0) is 52.3 Å². The maximum Gasteiger partial charge on any atom is 0.150 e. The van der Waals surface area contributed by atoms with Gasteiger partial charge in [0.25, 0.3) is 0 Å². The van der Waals surface area contributed by atoms with Crippen molar-refractivity contribution in [2.24, 2.45) is 0 Å². The van der Waals surface area contributed by atoms with Gasteiger partial charge in [0.2, 0.25) is 0 Å². The number of benzene rings is 1. The lowest BCUT2D eigenvalue weighted by Gasteiger charge is -2.42. The molecule has 0 atom stereocenters. The summed E-state index contributed by atoms with van der Waals surface area (Å²) in [5.74, 6) is 0.395. The lowest BCUT2D eigenvalue weighted by molar-refractivity contribution is 0.112. The maximum atomic E-state index is 11.4. The molecule has 1 aliphatic carbocycles. The van der Waals surface area contributed by atoms with Crippen molar-refractivity contribution < 1.29 is 4.79 Å². The Hall–Kier alpha value is -1.11. The fourth-order valence-corrected chi connectivity index (χ4v) is 3.25. The highest BCUT2D eigenvalue weighted by atomic mass is 16.1. The van der Waals surface area contributed by atoms with Crippen molar-refractivity contribution in [3.63, 3.8) is 0 Å². The van der Waals surface area contributed by atoms with E-state index < -0.39 is 0 Å². The number of aldehydes is 1. The molecule has 2 rings (SSSR count). The molecule has 0 bridgehead atoms. The second kappa shape index (κ2) is 4.47. The van der Waals surface area contributed by atoms with Crippen LogP contribution in [0.5, 0.6) is 0 Å². The van der Waals surface area contributed by atoms with Crippen LogP contribution in [0.3, 0.4) is 0 Å². The monoisotopic (exact) mass is 258 g/mol. The van der Waals surface area contributed by atoms with E-state index in [0.29, 0.717) is 5.92 Å². The van der Waals surface area contributed by atoms with Crippen LogP contribution < -0.4 is 0 Å². The molecular weight excluding hydrogens is 232 g/mol. The first-order chi connectivity index (χ1) is 8.69. The molecule has 0 aliphatic heterocycles. The summed E-state index contributed by atoms with van der Waals surface area (Å²) in [7, 11) is 0. The van der Waals surface area contributed by atoms with Gasteiger partial charge in [-0.3, -0.25) is 4.79 Å². The van der Waals surface area contributed by atoms with E-state index in [1.165, 1.54) is 29.5 Å². The SMILES string of the molecule is CC(C)c1cc2c(cc1C=O)C(C)(C)CCC2(C)C. The van der Waals surface area contributed by atoms with Crippen LogP contribution in [0, 0.1) is 0 Å². The Morgan fingerprint density at radius 2 is 1.47 bits per heavy atom. The van der Waals surface area contributed by atoms with E-state index in [0.717, 1.165) is 11.8 Å². The summed E-state index contributed by atoms with van der Waals surface area (Å²) in [6, 6.07) is 4.45. The van der Waals surface area contributed by atoms with Crippen molar-refractivity contribution in [2.45, 2.75) is 71.1 Å². The molecule has 0 saturated carbocycles. The average molecular weight is 258 g/mol. The van der Waals surface area contributed by atoms with E-state index >= 15 is 0 Å². The first kappa shape index (κ1) is 14.3. The van der Waals surface area contributed by atoms with Crippen LogP contribution >= 0.6 is 0 Å². The van der Waals surface area contributed by atoms with Gasteiger partial charge in [-0.25, -0.2) is 0 Å². The Labute approximate surface area is 117 Å². The third kappa shape index (κ3) is 2.35. The summed E-state index contributed by atoms with van der Waals surface area (Å²) in [5.41, 5.74) is 5.28. The minimum Gasteiger partial charge on any atom is -0.298 e. The standard InChI is InChI=1S/C18H26O/c1-12(2)14-10-16-15(9-13(14)11-19)17(3,4)7-8-18(16,5)6/h9-12H,7-8H2,1-6H3. The normalized spacial score (nSPS) is 20.2. The highest BCUT2D eigenvalue weighted by molar-refractivity contribution is 5.79. The van der Waals surface area contributed by atoms with Gasteiger partial charge in [0.15, 0.2) is 0 Å². The maximum absolute atomic E-state index is 11.4. The van der Waals surface area contributed by atoms with E-state index in [2.05, 4.69) is 53.7 Å². The Balaban J connectivity index is 2.74. The molecule has 1 aromatic rings. The number of fused-ring (bicyclic) bond motifs is 1. The predicted molar refractivity (Wildman–Crippen MR) is 81.2 cm³/mol. The molecule has 0 radical (unpaired) electrons. The van der Waals surface area contributed by atoms with Gasteiger partial charge in [-0.1, -0.05) is 47.6 Å². The van der Waals surface area contributed by atoms with Crippen molar-refractivity contribution in [3.05, 3.63) is 34.4 Å². The number of carbonyl (C=O) groups excluding carboxylic acids is 1. The average Bonchev–Trinajstić information content (AvgIpc) is 2.33. The van der Waals surface area contributed by atoms with Gasteiger partial charge in [0.05, 0.1) is 0 Å². The molecule has 1 aromatic carbocycles. The summed E-state index contributed by atoms with van der Waals surface area (Å²) < 4.78 is 0. The second-order valence-electron chi connectivity index (χ2n) is 7.57. The van der Waals surface area contributed by atoms with Crippen molar-refractivity contribution in [2.75, 3.05) is 0 Å². The topological polar surface area (TPSA) is 17.1 Å². The Bertz CT molecular complexity index is 507. The Morgan fingerprint density at radius 1 is 1.00 bits per heavy atom. The molecule has 0 N–H and O–H groups in total. The van der Waals surface area contributed by atoms with E-state index in [1.807, 2.05) is 0 Å². The second-order valence-corrected chi connectivity index (χ2v) is 7.57. The number of rotatable bonds is 2. The van der Waals surface area contributed by atoms with Gasteiger partial charge >= 0.3 is 0 Å². The Morgan fingerprint density at radius 3 is 1.89 bits per heavy atom. The number of hydrogen-bond donors (Lipinski definition) is 0. The summed E-state index contributed by atoms with van der Waals surface area (Å²) >= 11 is 0. The molecule has 0 amide bonds. The van der Waals surface area contributed by atoms with Crippen molar-refractivity contribution >= 4 is 6.29 Å². The molecule has 0 fully saturated rings. The zero-order chi connectivity index (χ0) is 14.4. The van der Waals surface area contributed by atoms with Crippen LogP contribution in [0.25, 0.3) is 0 Å². The molecule has 0 unspecified atom stereocenters. The van der Waals surface area contributed by atoms with Crippen LogP contribution in [0.4, 0.5) is 0 Å². The molecular formula is C18H26O. The molecule has 0 heterocycles. The van der Waals surface area contributed by atoms with Crippen LogP contribution in [0.15, 0.2) is 12.1 Å². The van der Waals surface area contributed by atoms with Crippen molar-refractivity contribution in [1.82, 2.24) is 0 Å². The molecule has 104 valence electrons. The third-order valence-corrected chi connectivity index (χ3v) is 4.81. The first-order valence-electron chi connectivity index (χ1n) is 7.33. The van der Waals surface area contributed by atoms with E-state index in [1.54, 1.807) is 0 Å². The van der Waals surface area contributed by atoms with Crippen LogP contribution in [-0.2, 0) is 10.8 Å². The van der Waals surface area contributed by atoms with Gasteiger partial charge < -0.3 is 0 Å². The fraction of sp³-hybridized carbons (Fsp3) is 0.611. The lowest BCUT2D eigenvalue weighted by atomic mass is 9.62. The fourth-order valence-electron chi connectivity index (χ4n) is 3.25. The van der Waals surface area contributed by atoms with Crippen LogP contribution in [-0.4, -0.2) is 6.29 Å². The summed E-state index contributed by atoms with van der Waals surface area (Å²) in [4.78, 5) is 11.4. The van der Waals surface area contributed by atoms with E-state index in [-0.39, 0.29) is 10.8 Å². The largest absolute Gasteiger partial charge is 0.298 e. The molecule has 0 spiro atoms. The Kier molecular flexibility index (Phi) is 3.36. The van der Waals surface area contributed by atoms with Crippen LogP contribution in [0.2, 0.25) is 0 Å². The van der Waals surface area contributed by atoms with E-state index in [4.69, 9.17) is 0 Å². The lowest BCUT2D eigenvalue weighted by Crippen LogP contribution is -2.34. The zero-order valence-corrected chi connectivity index (χ0v) is 13.1. The highest BCUT2D eigenvalue weighted by Gasteiger charge is 2.37. The minimum absolute atomic E-state index is 0.179. The number of hydrogen-bond acceptors (Lipinski definition) is 1. The van der Waals surface area contributed by atoms with Gasteiger partial charge in [0, 0.05) is 5.56 Å². The smallest absolute Gasteiger partial charge is 0.150 e.